The average molecular weight is 428 g/mol. The molecule has 4 nitrogen and oxygen atoms in total. The standard InChI is InChI=1S/C22H15F3N2O2S/c23-22(24,25)20-6-2-5-19-18(7-8-27-21(19)20)16-4-1-3-15(10-16)17-9-14(11-26-12-17)13-30(28)29/h1-12,30H,13H2. The van der Waals surface area contributed by atoms with Crippen LogP contribution in [0.3, 0.4) is 0 Å². The molecule has 0 bridgehead atoms. The van der Waals surface area contributed by atoms with E-state index in [0.717, 1.165) is 22.8 Å². The second-order valence-corrected chi connectivity index (χ2v) is 7.69. The number of fused-ring (bicyclic) bond motifs is 1. The number of pyridine rings is 2. The first-order chi connectivity index (χ1) is 14.3. The number of thiol groups is 1. The SMILES string of the molecule is O=[SH](=O)Cc1cncc(-c2cccc(-c3ccnc4c(C(F)(F)F)cccc34)c2)c1. The Morgan fingerprint density at radius 3 is 2.40 bits per heavy atom. The summed E-state index contributed by atoms with van der Waals surface area (Å²) >= 11 is 0. The van der Waals surface area contributed by atoms with Gasteiger partial charge in [0.05, 0.1) is 16.8 Å². The van der Waals surface area contributed by atoms with Crippen LogP contribution >= 0.6 is 0 Å². The number of para-hydroxylation sites is 1. The van der Waals surface area contributed by atoms with Crippen molar-refractivity contribution in [3.63, 3.8) is 0 Å². The van der Waals surface area contributed by atoms with E-state index < -0.39 is 22.4 Å². The molecule has 0 fully saturated rings. The number of aromatic nitrogens is 2. The Balaban J connectivity index is 1.83. The largest absolute Gasteiger partial charge is 0.418 e. The Kier molecular flexibility index (Phi) is 5.26. The summed E-state index contributed by atoms with van der Waals surface area (Å²) in [6.07, 6.45) is -0.0192. The minimum Gasteiger partial charge on any atom is -0.264 e. The Morgan fingerprint density at radius 1 is 0.867 bits per heavy atom. The van der Waals surface area contributed by atoms with Gasteiger partial charge in [0.25, 0.3) is 0 Å². The van der Waals surface area contributed by atoms with Gasteiger partial charge in [-0.2, -0.15) is 13.2 Å². The first-order valence-electron chi connectivity index (χ1n) is 8.94. The molecule has 0 unspecified atom stereocenters. The molecule has 0 aliphatic carbocycles. The van der Waals surface area contributed by atoms with E-state index in [2.05, 4.69) is 9.97 Å². The Morgan fingerprint density at radius 2 is 1.63 bits per heavy atom. The molecule has 152 valence electrons. The highest BCUT2D eigenvalue weighted by molar-refractivity contribution is 7.71. The van der Waals surface area contributed by atoms with Gasteiger partial charge in [-0.1, -0.05) is 30.3 Å². The molecule has 8 heteroatoms. The smallest absolute Gasteiger partial charge is 0.264 e. The third-order valence-corrected chi connectivity index (χ3v) is 5.31. The zero-order valence-electron chi connectivity index (χ0n) is 15.4. The maximum atomic E-state index is 13.4. The van der Waals surface area contributed by atoms with Crippen LogP contribution in [0.1, 0.15) is 11.1 Å². The van der Waals surface area contributed by atoms with E-state index in [4.69, 9.17) is 0 Å². The number of rotatable bonds is 4. The molecule has 0 aliphatic heterocycles. The van der Waals surface area contributed by atoms with Crippen molar-refractivity contribution in [2.45, 2.75) is 11.9 Å². The maximum Gasteiger partial charge on any atom is 0.418 e. The highest BCUT2D eigenvalue weighted by atomic mass is 32.2. The van der Waals surface area contributed by atoms with Gasteiger partial charge in [0.1, 0.15) is 10.7 Å². The van der Waals surface area contributed by atoms with E-state index in [1.54, 1.807) is 30.5 Å². The van der Waals surface area contributed by atoms with Crippen LogP contribution in [0.2, 0.25) is 0 Å². The van der Waals surface area contributed by atoms with Gasteiger partial charge in [0, 0.05) is 29.5 Å². The molecule has 0 radical (unpaired) electrons. The fourth-order valence-electron chi connectivity index (χ4n) is 3.40. The van der Waals surface area contributed by atoms with Crippen LogP contribution in [0.4, 0.5) is 13.2 Å². The summed E-state index contributed by atoms with van der Waals surface area (Å²) in [5.41, 5.74) is 2.54. The number of halogens is 3. The summed E-state index contributed by atoms with van der Waals surface area (Å²) in [4.78, 5) is 8.07. The normalized spacial score (nSPS) is 11.9. The van der Waals surface area contributed by atoms with E-state index in [1.165, 1.54) is 18.5 Å². The van der Waals surface area contributed by atoms with Crippen molar-refractivity contribution in [3.05, 3.63) is 84.3 Å². The zero-order valence-corrected chi connectivity index (χ0v) is 16.3. The average Bonchev–Trinajstić information content (AvgIpc) is 2.72. The lowest BCUT2D eigenvalue weighted by Gasteiger charge is -2.13. The van der Waals surface area contributed by atoms with Gasteiger partial charge in [-0.05, 0) is 46.5 Å². The summed E-state index contributed by atoms with van der Waals surface area (Å²) in [5, 5.41) is 0.403. The molecule has 0 saturated carbocycles. The van der Waals surface area contributed by atoms with E-state index in [0.29, 0.717) is 16.5 Å². The fraction of sp³-hybridized carbons (Fsp3) is 0.0909. The number of benzene rings is 2. The molecular formula is C22H15F3N2O2S. The van der Waals surface area contributed by atoms with Crippen LogP contribution in [0, 0.1) is 0 Å². The number of hydrogen-bond donors (Lipinski definition) is 1. The molecule has 0 aliphatic rings. The molecule has 0 saturated heterocycles. The van der Waals surface area contributed by atoms with Crippen molar-refractivity contribution in [2.75, 3.05) is 0 Å². The molecule has 30 heavy (non-hydrogen) atoms. The van der Waals surface area contributed by atoms with Gasteiger partial charge >= 0.3 is 6.18 Å². The van der Waals surface area contributed by atoms with Crippen molar-refractivity contribution in [2.24, 2.45) is 0 Å². The molecule has 0 atom stereocenters. The van der Waals surface area contributed by atoms with Gasteiger partial charge < -0.3 is 0 Å². The summed E-state index contributed by atoms with van der Waals surface area (Å²) in [6.45, 7) is 0. The van der Waals surface area contributed by atoms with Crippen molar-refractivity contribution in [1.29, 1.82) is 0 Å². The van der Waals surface area contributed by atoms with Crippen LogP contribution in [0.25, 0.3) is 33.2 Å². The molecule has 4 aromatic rings. The second-order valence-electron chi connectivity index (χ2n) is 6.71. The van der Waals surface area contributed by atoms with E-state index in [9.17, 15) is 21.6 Å². The minimum atomic E-state index is -4.50. The number of nitrogens with zero attached hydrogens (tertiary/aromatic N) is 2. The Bertz CT molecular complexity index is 1310. The van der Waals surface area contributed by atoms with Crippen LogP contribution in [-0.2, 0) is 22.6 Å². The fourth-order valence-corrected chi connectivity index (χ4v) is 3.87. The molecule has 0 amide bonds. The van der Waals surface area contributed by atoms with Crippen molar-refractivity contribution >= 4 is 21.6 Å². The lowest BCUT2D eigenvalue weighted by atomic mass is 9.96. The van der Waals surface area contributed by atoms with E-state index >= 15 is 0 Å². The monoisotopic (exact) mass is 428 g/mol. The topological polar surface area (TPSA) is 59.9 Å². The highest BCUT2D eigenvalue weighted by Gasteiger charge is 2.33. The van der Waals surface area contributed by atoms with Crippen LogP contribution in [0.15, 0.2) is 73.2 Å². The van der Waals surface area contributed by atoms with Crippen LogP contribution in [-0.4, -0.2) is 18.4 Å². The minimum absolute atomic E-state index is 0.101. The molecule has 0 spiro atoms. The molecule has 2 aromatic heterocycles. The molecular weight excluding hydrogens is 413 g/mol. The van der Waals surface area contributed by atoms with Gasteiger partial charge in [0.15, 0.2) is 0 Å². The zero-order chi connectivity index (χ0) is 21.3. The van der Waals surface area contributed by atoms with Crippen LogP contribution in [0.5, 0.6) is 0 Å². The third-order valence-electron chi connectivity index (χ3n) is 4.69. The van der Waals surface area contributed by atoms with Gasteiger partial charge in [0.2, 0.25) is 0 Å². The predicted molar refractivity (Wildman–Crippen MR) is 109 cm³/mol. The van der Waals surface area contributed by atoms with E-state index in [1.807, 2.05) is 18.2 Å². The number of hydrogen-bond acceptors (Lipinski definition) is 4. The summed E-state index contributed by atoms with van der Waals surface area (Å²) in [7, 11) is -2.57. The first kappa shape index (κ1) is 20.0. The highest BCUT2D eigenvalue weighted by Crippen LogP contribution is 2.37. The maximum absolute atomic E-state index is 13.4. The van der Waals surface area contributed by atoms with E-state index in [-0.39, 0.29) is 11.3 Å². The predicted octanol–water partition coefficient (Wildman–Crippen LogP) is 5.09. The molecule has 4 rings (SSSR count). The van der Waals surface area contributed by atoms with Crippen molar-refractivity contribution in [1.82, 2.24) is 9.97 Å². The van der Waals surface area contributed by atoms with Crippen LogP contribution < -0.4 is 0 Å². The lowest BCUT2D eigenvalue weighted by molar-refractivity contribution is -0.136. The van der Waals surface area contributed by atoms with Crippen molar-refractivity contribution in [3.8, 4) is 22.3 Å². The molecule has 2 heterocycles. The first-order valence-corrected chi connectivity index (χ1v) is 10.3. The third kappa shape index (κ3) is 4.04. The summed E-state index contributed by atoms with van der Waals surface area (Å²) in [6, 6.07) is 14.7. The lowest BCUT2D eigenvalue weighted by Crippen LogP contribution is -2.06. The second kappa shape index (κ2) is 7.87. The van der Waals surface area contributed by atoms with Gasteiger partial charge in [-0.3, -0.25) is 9.97 Å². The summed E-state index contributed by atoms with van der Waals surface area (Å²) < 4.78 is 62.1. The Labute approximate surface area is 172 Å². The quantitative estimate of drug-likeness (QED) is 0.460. The van der Waals surface area contributed by atoms with Gasteiger partial charge in [-0.25, -0.2) is 8.42 Å². The van der Waals surface area contributed by atoms with Gasteiger partial charge in [-0.15, -0.1) is 0 Å². The Hall–Kier alpha value is -3.26. The number of alkyl halides is 3. The summed E-state index contributed by atoms with van der Waals surface area (Å²) in [5.74, 6) is -0.106. The molecule has 2 aromatic carbocycles. The van der Waals surface area contributed by atoms with Crippen molar-refractivity contribution < 1.29 is 21.6 Å². The molecule has 0 N–H and O–H groups in total.